The second kappa shape index (κ2) is 7.02. The standard InChI is InChI=1S/C19H23N5O3/c1-4-6-24-17-5-7-23(18(25)8-14-12(2)22-27-13(14)3)9-15(17)19(21-24)16-10-26-11-20-16/h10-11H,4-9H2,1-3H3. The molecule has 0 aromatic carbocycles. The van der Waals surface area contributed by atoms with Crippen molar-refractivity contribution in [2.45, 2.75) is 53.1 Å². The Kier molecular flexibility index (Phi) is 4.55. The third kappa shape index (κ3) is 3.15. The van der Waals surface area contributed by atoms with Gasteiger partial charge in [-0.1, -0.05) is 12.1 Å². The fraction of sp³-hybridized carbons (Fsp3) is 0.474. The first-order valence-electron chi connectivity index (χ1n) is 9.25. The van der Waals surface area contributed by atoms with Gasteiger partial charge in [-0.2, -0.15) is 5.10 Å². The van der Waals surface area contributed by atoms with Crippen molar-refractivity contribution in [2.75, 3.05) is 6.54 Å². The topological polar surface area (TPSA) is 90.2 Å². The summed E-state index contributed by atoms with van der Waals surface area (Å²) in [5, 5.41) is 8.70. The number of hydrogen-bond donors (Lipinski definition) is 0. The molecule has 0 saturated carbocycles. The van der Waals surface area contributed by atoms with E-state index in [0.29, 0.717) is 31.0 Å². The van der Waals surface area contributed by atoms with Crippen LogP contribution in [-0.2, 0) is 30.7 Å². The van der Waals surface area contributed by atoms with Gasteiger partial charge in [-0.05, 0) is 20.3 Å². The number of aromatic nitrogens is 4. The lowest BCUT2D eigenvalue weighted by atomic mass is 10.0. The summed E-state index contributed by atoms with van der Waals surface area (Å²) in [5.41, 5.74) is 5.43. The smallest absolute Gasteiger partial charge is 0.227 e. The molecule has 8 heteroatoms. The number of aryl methyl sites for hydroxylation is 3. The highest BCUT2D eigenvalue weighted by Gasteiger charge is 2.29. The number of amides is 1. The van der Waals surface area contributed by atoms with Crippen LogP contribution < -0.4 is 0 Å². The van der Waals surface area contributed by atoms with Crippen LogP contribution in [-0.4, -0.2) is 37.3 Å². The predicted molar refractivity (Wildman–Crippen MR) is 96.8 cm³/mol. The van der Waals surface area contributed by atoms with Gasteiger partial charge in [0.15, 0.2) is 6.39 Å². The van der Waals surface area contributed by atoms with Crippen LogP contribution in [0.15, 0.2) is 21.6 Å². The molecule has 3 aromatic rings. The van der Waals surface area contributed by atoms with Gasteiger partial charge in [0.05, 0.1) is 12.1 Å². The number of carbonyl (C=O) groups excluding carboxylic acids is 1. The molecule has 1 aliphatic rings. The fourth-order valence-electron chi connectivity index (χ4n) is 3.65. The number of hydrogen-bond acceptors (Lipinski definition) is 6. The van der Waals surface area contributed by atoms with E-state index in [1.165, 1.54) is 12.1 Å². The average molecular weight is 369 g/mol. The largest absolute Gasteiger partial charge is 0.451 e. The molecular weight excluding hydrogens is 346 g/mol. The number of rotatable bonds is 5. The molecule has 27 heavy (non-hydrogen) atoms. The number of nitrogens with zero attached hydrogens (tertiary/aromatic N) is 5. The Morgan fingerprint density at radius 2 is 2.19 bits per heavy atom. The summed E-state index contributed by atoms with van der Waals surface area (Å²) in [6, 6.07) is 0. The molecule has 0 bridgehead atoms. The highest BCUT2D eigenvalue weighted by molar-refractivity contribution is 5.80. The van der Waals surface area contributed by atoms with Gasteiger partial charge in [0, 0.05) is 42.9 Å². The third-order valence-electron chi connectivity index (χ3n) is 5.11. The van der Waals surface area contributed by atoms with Crippen molar-refractivity contribution in [3.63, 3.8) is 0 Å². The summed E-state index contributed by atoms with van der Waals surface area (Å²) in [6.07, 6.45) is 5.10. The maximum atomic E-state index is 12.9. The third-order valence-corrected chi connectivity index (χ3v) is 5.11. The van der Waals surface area contributed by atoms with Gasteiger partial charge >= 0.3 is 0 Å². The minimum atomic E-state index is 0.0735. The second-order valence-corrected chi connectivity index (χ2v) is 6.92. The van der Waals surface area contributed by atoms with E-state index in [9.17, 15) is 4.79 Å². The Balaban J connectivity index is 1.61. The lowest BCUT2D eigenvalue weighted by Gasteiger charge is -2.28. The maximum absolute atomic E-state index is 12.9. The van der Waals surface area contributed by atoms with Gasteiger partial charge in [0.1, 0.15) is 23.4 Å². The fourth-order valence-corrected chi connectivity index (χ4v) is 3.65. The van der Waals surface area contributed by atoms with Crippen LogP contribution in [0, 0.1) is 13.8 Å². The molecule has 8 nitrogen and oxygen atoms in total. The van der Waals surface area contributed by atoms with Gasteiger partial charge in [0.2, 0.25) is 5.91 Å². The molecule has 4 heterocycles. The lowest BCUT2D eigenvalue weighted by Crippen LogP contribution is -2.37. The van der Waals surface area contributed by atoms with E-state index in [1.54, 1.807) is 6.26 Å². The molecule has 0 radical (unpaired) electrons. The van der Waals surface area contributed by atoms with Gasteiger partial charge in [-0.25, -0.2) is 4.98 Å². The quantitative estimate of drug-likeness (QED) is 0.687. The zero-order valence-corrected chi connectivity index (χ0v) is 15.9. The Hall–Kier alpha value is -2.90. The number of fused-ring (bicyclic) bond motifs is 1. The number of carbonyl (C=O) groups is 1. The van der Waals surface area contributed by atoms with E-state index in [-0.39, 0.29) is 5.91 Å². The summed E-state index contributed by atoms with van der Waals surface area (Å²) in [7, 11) is 0. The summed E-state index contributed by atoms with van der Waals surface area (Å²) in [6.45, 7) is 7.91. The summed E-state index contributed by atoms with van der Waals surface area (Å²) in [5.74, 6) is 0.780. The van der Waals surface area contributed by atoms with E-state index in [1.807, 2.05) is 18.7 Å². The highest BCUT2D eigenvalue weighted by atomic mass is 16.5. The van der Waals surface area contributed by atoms with Crippen molar-refractivity contribution in [1.82, 2.24) is 24.8 Å². The summed E-state index contributed by atoms with van der Waals surface area (Å²) >= 11 is 0. The Bertz CT molecular complexity index is 935. The molecule has 142 valence electrons. The van der Waals surface area contributed by atoms with Gasteiger partial charge in [-0.3, -0.25) is 9.48 Å². The molecule has 4 rings (SSSR count). The van der Waals surface area contributed by atoms with Crippen molar-refractivity contribution in [1.29, 1.82) is 0 Å². The van der Waals surface area contributed by atoms with E-state index < -0.39 is 0 Å². The van der Waals surface area contributed by atoms with Gasteiger partial charge in [-0.15, -0.1) is 0 Å². The predicted octanol–water partition coefficient (Wildman–Crippen LogP) is 2.68. The Labute approximate surface area is 157 Å². The van der Waals surface area contributed by atoms with E-state index in [2.05, 4.69) is 21.7 Å². The molecule has 0 atom stereocenters. The molecule has 0 saturated heterocycles. The van der Waals surface area contributed by atoms with Crippen LogP contribution in [0.1, 0.15) is 41.6 Å². The lowest BCUT2D eigenvalue weighted by molar-refractivity contribution is -0.131. The molecule has 0 aliphatic carbocycles. The van der Waals surface area contributed by atoms with Gasteiger partial charge in [0.25, 0.3) is 0 Å². The Morgan fingerprint density at radius 1 is 1.33 bits per heavy atom. The monoisotopic (exact) mass is 369 g/mol. The van der Waals surface area contributed by atoms with Gasteiger partial charge < -0.3 is 13.8 Å². The molecule has 3 aromatic heterocycles. The first-order chi connectivity index (χ1) is 13.1. The molecule has 0 N–H and O–H groups in total. The zero-order valence-electron chi connectivity index (χ0n) is 15.9. The molecule has 0 fully saturated rings. The van der Waals surface area contributed by atoms with Crippen molar-refractivity contribution >= 4 is 5.91 Å². The minimum absolute atomic E-state index is 0.0735. The first kappa shape index (κ1) is 17.5. The highest BCUT2D eigenvalue weighted by Crippen LogP contribution is 2.30. The van der Waals surface area contributed by atoms with Crippen molar-refractivity contribution in [3.05, 3.63) is 40.9 Å². The molecular formula is C19H23N5O3. The molecule has 0 unspecified atom stereocenters. The maximum Gasteiger partial charge on any atom is 0.227 e. The number of oxazole rings is 1. The Morgan fingerprint density at radius 3 is 2.85 bits per heavy atom. The van der Waals surface area contributed by atoms with Crippen molar-refractivity contribution in [2.24, 2.45) is 0 Å². The van der Waals surface area contributed by atoms with Crippen LogP contribution in [0.3, 0.4) is 0 Å². The molecule has 1 amide bonds. The molecule has 0 spiro atoms. The normalized spacial score (nSPS) is 13.8. The van der Waals surface area contributed by atoms with Crippen LogP contribution in [0.25, 0.3) is 11.4 Å². The van der Waals surface area contributed by atoms with Crippen LogP contribution in [0.5, 0.6) is 0 Å². The summed E-state index contributed by atoms with van der Waals surface area (Å²) < 4.78 is 12.4. The van der Waals surface area contributed by atoms with Crippen molar-refractivity contribution < 1.29 is 13.7 Å². The average Bonchev–Trinajstić information content (AvgIpc) is 3.38. The first-order valence-corrected chi connectivity index (χ1v) is 9.25. The van der Waals surface area contributed by atoms with Crippen LogP contribution in [0.4, 0.5) is 0 Å². The van der Waals surface area contributed by atoms with Crippen LogP contribution >= 0.6 is 0 Å². The second-order valence-electron chi connectivity index (χ2n) is 6.92. The minimum Gasteiger partial charge on any atom is -0.451 e. The summed E-state index contributed by atoms with van der Waals surface area (Å²) in [4.78, 5) is 19.0. The van der Waals surface area contributed by atoms with Crippen LogP contribution in [0.2, 0.25) is 0 Å². The SMILES string of the molecule is CCCn1nc(-c2cocn2)c2c1CCN(C(=O)Cc1c(C)noc1C)C2. The molecule has 1 aliphatic heterocycles. The van der Waals surface area contributed by atoms with E-state index in [0.717, 1.165) is 41.9 Å². The van der Waals surface area contributed by atoms with Crippen molar-refractivity contribution in [3.8, 4) is 11.4 Å². The van der Waals surface area contributed by atoms with E-state index >= 15 is 0 Å². The van der Waals surface area contributed by atoms with E-state index in [4.69, 9.17) is 14.0 Å². The zero-order chi connectivity index (χ0) is 19.0.